The van der Waals surface area contributed by atoms with Gasteiger partial charge in [0.25, 0.3) is 0 Å². The van der Waals surface area contributed by atoms with Crippen LogP contribution in [0.2, 0.25) is 0 Å². The van der Waals surface area contributed by atoms with Crippen molar-refractivity contribution in [1.82, 2.24) is 4.98 Å². The van der Waals surface area contributed by atoms with Crippen molar-refractivity contribution in [2.24, 2.45) is 0 Å². The van der Waals surface area contributed by atoms with Crippen LogP contribution in [0.3, 0.4) is 0 Å². The normalized spacial score (nSPS) is 9.85. The molecule has 0 aliphatic carbocycles. The number of rotatable bonds is 4. The second kappa shape index (κ2) is 5.89. The molecule has 0 aliphatic heterocycles. The van der Waals surface area contributed by atoms with Gasteiger partial charge in [0.2, 0.25) is 0 Å². The Kier molecular flexibility index (Phi) is 4.01. The molecule has 2 rings (SSSR count). The fourth-order valence-electron chi connectivity index (χ4n) is 1.75. The first-order chi connectivity index (χ1) is 9.65. The van der Waals surface area contributed by atoms with Gasteiger partial charge in [-0.3, -0.25) is 0 Å². The number of aromatic nitrogens is 1. The van der Waals surface area contributed by atoms with Gasteiger partial charge < -0.3 is 15.0 Å². The molecular formula is C14H12FN3O2. The van der Waals surface area contributed by atoms with Crippen LogP contribution in [-0.4, -0.2) is 18.1 Å². The van der Waals surface area contributed by atoms with Crippen LogP contribution in [0.4, 0.5) is 10.1 Å². The van der Waals surface area contributed by atoms with Crippen LogP contribution in [0.25, 0.3) is 0 Å². The number of H-pyrrole nitrogens is 1. The third-order valence-electron chi connectivity index (χ3n) is 2.75. The molecular weight excluding hydrogens is 261 g/mol. The fourth-order valence-corrected chi connectivity index (χ4v) is 1.75. The fraction of sp³-hybridized carbons (Fsp3) is 0.143. The van der Waals surface area contributed by atoms with E-state index < -0.39 is 11.8 Å². The van der Waals surface area contributed by atoms with E-state index in [1.165, 1.54) is 19.2 Å². The predicted octanol–water partition coefficient (Wildman–Crippen LogP) is 2.42. The molecule has 1 aromatic carbocycles. The smallest absolute Gasteiger partial charge is 0.354 e. The molecule has 102 valence electrons. The van der Waals surface area contributed by atoms with E-state index in [-0.39, 0.29) is 5.56 Å². The lowest BCUT2D eigenvalue weighted by Gasteiger charge is -2.07. The van der Waals surface area contributed by atoms with Crippen molar-refractivity contribution < 1.29 is 13.9 Å². The minimum atomic E-state index is -0.570. The number of aromatic amines is 1. The Morgan fingerprint density at radius 1 is 1.45 bits per heavy atom. The summed E-state index contributed by atoms with van der Waals surface area (Å²) in [5, 5.41) is 11.9. The number of ether oxygens (including phenoxy) is 1. The lowest BCUT2D eigenvalue weighted by molar-refractivity contribution is 0.0594. The van der Waals surface area contributed by atoms with Gasteiger partial charge in [0, 0.05) is 5.69 Å². The van der Waals surface area contributed by atoms with Crippen molar-refractivity contribution in [2.45, 2.75) is 6.54 Å². The highest BCUT2D eigenvalue weighted by molar-refractivity contribution is 5.87. The number of carbonyl (C=O) groups excluding carboxylic acids is 1. The number of esters is 1. The first kappa shape index (κ1) is 13.6. The molecule has 2 N–H and O–H groups in total. The van der Waals surface area contributed by atoms with Crippen molar-refractivity contribution in [3.63, 3.8) is 0 Å². The number of hydrogen-bond donors (Lipinski definition) is 2. The van der Waals surface area contributed by atoms with Crippen LogP contribution < -0.4 is 5.32 Å². The number of hydrogen-bond acceptors (Lipinski definition) is 4. The van der Waals surface area contributed by atoms with Crippen molar-refractivity contribution in [2.75, 3.05) is 12.4 Å². The van der Waals surface area contributed by atoms with E-state index >= 15 is 0 Å². The Balaban J connectivity index is 2.10. The van der Waals surface area contributed by atoms with Crippen LogP contribution in [0, 0.1) is 17.1 Å². The van der Waals surface area contributed by atoms with Gasteiger partial charge in [-0.05, 0) is 24.3 Å². The number of methoxy groups -OCH3 is 1. The zero-order valence-corrected chi connectivity index (χ0v) is 10.7. The predicted molar refractivity (Wildman–Crippen MR) is 70.6 cm³/mol. The summed E-state index contributed by atoms with van der Waals surface area (Å²) in [6, 6.07) is 9.49. The highest BCUT2D eigenvalue weighted by atomic mass is 19.1. The second-order valence-corrected chi connectivity index (χ2v) is 4.02. The number of nitrogens with zero attached hydrogens (tertiary/aromatic N) is 1. The van der Waals surface area contributed by atoms with Crippen molar-refractivity contribution in [3.8, 4) is 6.07 Å². The summed E-state index contributed by atoms with van der Waals surface area (Å²) < 4.78 is 18.0. The molecule has 0 saturated heterocycles. The zero-order valence-electron chi connectivity index (χ0n) is 10.7. The summed E-state index contributed by atoms with van der Waals surface area (Å²) in [6.45, 7) is 0.328. The Bertz CT molecular complexity index is 673. The maximum atomic E-state index is 13.4. The lowest BCUT2D eigenvalue weighted by Crippen LogP contribution is -2.05. The Hall–Kier alpha value is -2.81. The van der Waals surface area contributed by atoms with E-state index in [1.54, 1.807) is 18.2 Å². The number of carbonyl (C=O) groups is 1. The molecule has 0 atom stereocenters. The van der Waals surface area contributed by atoms with E-state index in [2.05, 4.69) is 15.0 Å². The molecule has 1 aromatic heterocycles. The third-order valence-corrected chi connectivity index (χ3v) is 2.75. The molecule has 0 fully saturated rings. The minimum absolute atomic E-state index is 0.0350. The van der Waals surface area contributed by atoms with Gasteiger partial charge in [0.15, 0.2) is 0 Å². The number of anilines is 1. The van der Waals surface area contributed by atoms with Crippen molar-refractivity contribution in [1.29, 1.82) is 5.26 Å². The monoisotopic (exact) mass is 273 g/mol. The van der Waals surface area contributed by atoms with Crippen LogP contribution in [0.15, 0.2) is 30.3 Å². The standard InChI is InChI=1S/C14H12FN3O2/c1-20-14(19)13-6-5-9(18-13)8-17-12-4-2-3-11(15)10(12)7-16/h2-6,17-18H,8H2,1H3. The maximum Gasteiger partial charge on any atom is 0.354 e. The van der Waals surface area contributed by atoms with Gasteiger partial charge in [-0.2, -0.15) is 5.26 Å². The topological polar surface area (TPSA) is 77.9 Å². The number of nitrogens with one attached hydrogen (secondary N) is 2. The average molecular weight is 273 g/mol. The molecule has 0 saturated carbocycles. The Labute approximate surface area is 115 Å². The van der Waals surface area contributed by atoms with Crippen LogP contribution >= 0.6 is 0 Å². The third kappa shape index (κ3) is 2.78. The molecule has 0 radical (unpaired) electrons. The highest BCUT2D eigenvalue weighted by Crippen LogP contribution is 2.18. The molecule has 0 bridgehead atoms. The number of halogens is 1. The van der Waals surface area contributed by atoms with Crippen molar-refractivity contribution >= 4 is 11.7 Å². The summed E-state index contributed by atoms with van der Waals surface area (Å²) in [5.74, 6) is -1.03. The van der Waals surface area contributed by atoms with Gasteiger partial charge >= 0.3 is 5.97 Å². The largest absolute Gasteiger partial charge is 0.464 e. The molecule has 1 heterocycles. The van der Waals surface area contributed by atoms with E-state index in [9.17, 15) is 9.18 Å². The average Bonchev–Trinajstić information content (AvgIpc) is 2.93. The van der Waals surface area contributed by atoms with Crippen molar-refractivity contribution in [3.05, 3.63) is 53.1 Å². The molecule has 0 unspecified atom stereocenters. The molecule has 0 spiro atoms. The quantitative estimate of drug-likeness (QED) is 0.839. The van der Waals surface area contributed by atoms with E-state index in [0.29, 0.717) is 17.9 Å². The lowest BCUT2D eigenvalue weighted by atomic mass is 10.2. The number of nitriles is 1. The summed E-state index contributed by atoms with van der Waals surface area (Å²) in [5.41, 5.74) is 1.43. The molecule has 5 nitrogen and oxygen atoms in total. The summed E-state index contributed by atoms with van der Waals surface area (Å²) in [7, 11) is 1.30. The maximum absolute atomic E-state index is 13.4. The molecule has 2 aromatic rings. The first-order valence-corrected chi connectivity index (χ1v) is 5.84. The van der Waals surface area contributed by atoms with Gasteiger partial charge in [0.1, 0.15) is 23.1 Å². The van der Waals surface area contributed by atoms with Gasteiger partial charge in [-0.25, -0.2) is 9.18 Å². The Morgan fingerprint density at radius 2 is 2.25 bits per heavy atom. The number of benzene rings is 1. The SMILES string of the molecule is COC(=O)c1ccc(CNc2cccc(F)c2C#N)[nH]1. The van der Waals surface area contributed by atoms with E-state index in [0.717, 1.165) is 5.69 Å². The summed E-state index contributed by atoms with van der Waals surface area (Å²) >= 11 is 0. The highest BCUT2D eigenvalue weighted by Gasteiger charge is 2.10. The van der Waals surface area contributed by atoms with Crippen LogP contribution in [-0.2, 0) is 11.3 Å². The van der Waals surface area contributed by atoms with Gasteiger partial charge in [0.05, 0.1) is 19.3 Å². The first-order valence-electron chi connectivity index (χ1n) is 5.84. The van der Waals surface area contributed by atoms with E-state index in [1.807, 2.05) is 6.07 Å². The van der Waals surface area contributed by atoms with Crippen LogP contribution in [0.5, 0.6) is 0 Å². The van der Waals surface area contributed by atoms with E-state index in [4.69, 9.17) is 5.26 Å². The zero-order chi connectivity index (χ0) is 14.5. The molecule has 0 aliphatic rings. The summed E-state index contributed by atoms with van der Waals surface area (Å²) in [6.07, 6.45) is 0. The molecule has 0 amide bonds. The molecule has 6 heteroatoms. The molecule has 20 heavy (non-hydrogen) atoms. The Morgan fingerprint density at radius 3 is 2.95 bits per heavy atom. The van der Waals surface area contributed by atoms with Gasteiger partial charge in [-0.15, -0.1) is 0 Å². The van der Waals surface area contributed by atoms with Crippen LogP contribution in [0.1, 0.15) is 21.7 Å². The summed E-state index contributed by atoms with van der Waals surface area (Å²) in [4.78, 5) is 14.2. The minimum Gasteiger partial charge on any atom is -0.464 e. The van der Waals surface area contributed by atoms with Gasteiger partial charge in [-0.1, -0.05) is 6.07 Å². The second-order valence-electron chi connectivity index (χ2n) is 4.02.